The van der Waals surface area contributed by atoms with Crippen molar-refractivity contribution in [2.24, 2.45) is 4.99 Å². The summed E-state index contributed by atoms with van der Waals surface area (Å²) >= 11 is 0. The summed E-state index contributed by atoms with van der Waals surface area (Å²) in [5, 5.41) is 6.96. The predicted octanol–water partition coefficient (Wildman–Crippen LogP) is 3.20. The van der Waals surface area contributed by atoms with Crippen molar-refractivity contribution in [3.8, 4) is 5.88 Å². The molecule has 0 spiro atoms. The Labute approximate surface area is 174 Å². The molecule has 29 heavy (non-hydrogen) atoms. The molecular weight excluding hydrogens is 362 g/mol. The smallest absolute Gasteiger partial charge is 0.213 e. The molecule has 2 N–H and O–H groups in total. The zero-order chi connectivity index (χ0) is 20.6. The van der Waals surface area contributed by atoms with Crippen LogP contribution in [0.1, 0.15) is 38.3 Å². The number of aromatic nitrogens is 1. The largest absolute Gasteiger partial charge is 0.475 e. The lowest BCUT2D eigenvalue weighted by Gasteiger charge is -2.21. The van der Waals surface area contributed by atoms with Crippen LogP contribution in [0.15, 0.2) is 53.7 Å². The molecule has 1 aromatic carbocycles. The number of ether oxygens (including phenoxy) is 1. The fraction of sp³-hybridized carbons (Fsp3) is 0.478. The summed E-state index contributed by atoms with van der Waals surface area (Å²) in [6.45, 7) is 8.97. The molecule has 1 aliphatic rings. The molecule has 3 rings (SSSR count). The molecule has 6 heteroatoms. The van der Waals surface area contributed by atoms with E-state index in [1.807, 2.05) is 39.2 Å². The Morgan fingerprint density at radius 1 is 1.21 bits per heavy atom. The van der Waals surface area contributed by atoms with Crippen LogP contribution in [0, 0.1) is 0 Å². The highest BCUT2D eigenvalue weighted by Gasteiger charge is 2.29. The molecule has 0 saturated carbocycles. The minimum Gasteiger partial charge on any atom is -0.475 e. The van der Waals surface area contributed by atoms with E-state index in [2.05, 4.69) is 62.8 Å². The minimum atomic E-state index is 0.129. The fourth-order valence-corrected chi connectivity index (χ4v) is 3.64. The number of benzene rings is 1. The van der Waals surface area contributed by atoms with Gasteiger partial charge in [-0.25, -0.2) is 4.98 Å². The van der Waals surface area contributed by atoms with E-state index in [1.165, 1.54) is 5.56 Å². The zero-order valence-corrected chi connectivity index (χ0v) is 17.9. The van der Waals surface area contributed by atoms with Crippen LogP contribution >= 0.6 is 0 Å². The number of hydrogen-bond acceptors (Lipinski definition) is 4. The van der Waals surface area contributed by atoms with Gasteiger partial charge in [0.1, 0.15) is 0 Å². The summed E-state index contributed by atoms with van der Waals surface area (Å²) in [5.74, 6) is 1.48. The first-order chi connectivity index (χ1) is 14.0. The molecule has 156 valence electrons. The molecule has 2 heterocycles. The summed E-state index contributed by atoms with van der Waals surface area (Å²) in [5.41, 5.74) is 2.45. The summed E-state index contributed by atoms with van der Waals surface area (Å²) in [6, 6.07) is 15.5. The van der Waals surface area contributed by atoms with E-state index < -0.39 is 0 Å². The van der Waals surface area contributed by atoms with Gasteiger partial charge in [0, 0.05) is 51.0 Å². The Balaban J connectivity index is 1.47. The normalized spacial score (nSPS) is 20.1. The Kier molecular flexibility index (Phi) is 7.47. The van der Waals surface area contributed by atoms with E-state index >= 15 is 0 Å². The Bertz CT molecular complexity index is 776. The second-order valence-electron chi connectivity index (χ2n) is 7.94. The lowest BCUT2D eigenvalue weighted by Crippen LogP contribution is -2.44. The molecule has 1 aromatic heterocycles. The second-order valence-corrected chi connectivity index (χ2v) is 7.94. The number of nitrogens with zero attached hydrogens (tertiary/aromatic N) is 3. The molecule has 0 amide bonds. The van der Waals surface area contributed by atoms with Gasteiger partial charge in [-0.3, -0.25) is 9.89 Å². The van der Waals surface area contributed by atoms with E-state index in [1.54, 1.807) is 0 Å². The van der Waals surface area contributed by atoms with E-state index in [0.717, 1.165) is 31.0 Å². The SMILES string of the molecule is CN=C(NCc1ccc(OC(C)C)nc1)NC1CC(C)N(Cc2ccccc2)C1. The zero-order valence-electron chi connectivity index (χ0n) is 17.9. The van der Waals surface area contributed by atoms with Crippen LogP contribution in [-0.4, -0.2) is 47.6 Å². The van der Waals surface area contributed by atoms with Crippen molar-refractivity contribution >= 4 is 5.96 Å². The van der Waals surface area contributed by atoms with Crippen molar-refractivity contribution in [2.45, 2.75) is 58.5 Å². The highest BCUT2D eigenvalue weighted by atomic mass is 16.5. The maximum atomic E-state index is 5.60. The number of hydrogen-bond donors (Lipinski definition) is 2. The quantitative estimate of drug-likeness (QED) is 0.557. The first kappa shape index (κ1) is 21.1. The van der Waals surface area contributed by atoms with Crippen LogP contribution in [0.25, 0.3) is 0 Å². The van der Waals surface area contributed by atoms with E-state index in [9.17, 15) is 0 Å². The van der Waals surface area contributed by atoms with Gasteiger partial charge in [0.25, 0.3) is 0 Å². The summed E-state index contributed by atoms with van der Waals surface area (Å²) in [6.07, 6.45) is 3.08. The molecule has 1 saturated heterocycles. The molecule has 0 radical (unpaired) electrons. The van der Waals surface area contributed by atoms with E-state index in [-0.39, 0.29) is 6.10 Å². The fourth-order valence-electron chi connectivity index (χ4n) is 3.64. The summed E-state index contributed by atoms with van der Waals surface area (Å²) < 4.78 is 5.60. The van der Waals surface area contributed by atoms with Gasteiger partial charge in [-0.15, -0.1) is 0 Å². The topological polar surface area (TPSA) is 61.8 Å². The van der Waals surface area contributed by atoms with Gasteiger partial charge in [-0.1, -0.05) is 36.4 Å². The maximum absolute atomic E-state index is 5.60. The monoisotopic (exact) mass is 395 g/mol. The number of aliphatic imine (C=N–C) groups is 1. The third kappa shape index (κ3) is 6.46. The highest BCUT2D eigenvalue weighted by Crippen LogP contribution is 2.20. The Morgan fingerprint density at radius 2 is 2.00 bits per heavy atom. The minimum absolute atomic E-state index is 0.129. The first-order valence-electron chi connectivity index (χ1n) is 10.4. The number of pyridine rings is 1. The lowest BCUT2D eigenvalue weighted by molar-refractivity contribution is 0.232. The molecule has 0 aliphatic carbocycles. The van der Waals surface area contributed by atoms with Crippen molar-refractivity contribution in [2.75, 3.05) is 13.6 Å². The van der Waals surface area contributed by atoms with E-state index in [0.29, 0.717) is 24.5 Å². The van der Waals surface area contributed by atoms with Crippen molar-refractivity contribution < 1.29 is 4.74 Å². The van der Waals surface area contributed by atoms with Crippen molar-refractivity contribution in [3.63, 3.8) is 0 Å². The van der Waals surface area contributed by atoms with Crippen molar-refractivity contribution in [1.29, 1.82) is 0 Å². The molecule has 2 aromatic rings. The van der Waals surface area contributed by atoms with E-state index in [4.69, 9.17) is 4.74 Å². The average molecular weight is 396 g/mol. The highest BCUT2D eigenvalue weighted by molar-refractivity contribution is 5.80. The van der Waals surface area contributed by atoms with Gasteiger partial charge >= 0.3 is 0 Å². The number of nitrogens with one attached hydrogen (secondary N) is 2. The van der Waals surface area contributed by atoms with Gasteiger partial charge in [0.05, 0.1) is 6.10 Å². The third-order valence-electron chi connectivity index (χ3n) is 5.11. The van der Waals surface area contributed by atoms with Gasteiger partial charge in [-0.2, -0.15) is 0 Å². The molecule has 0 bridgehead atoms. The van der Waals surface area contributed by atoms with Gasteiger partial charge in [0.15, 0.2) is 5.96 Å². The second kappa shape index (κ2) is 10.3. The van der Waals surface area contributed by atoms with Crippen LogP contribution < -0.4 is 15.4 Å². The molecule has 1 aliphatic heterocycles. The van der Waals surface area contributed by atoms with Gasteiger partial charge < -0.3 is 15.4 Å². The number of rotatable bonds is 7. The standard InChI is InChI=1S/C23H33N5O/c1-17(2)29-22-11-10-20(13-25-22)14-26-23(24-4)27-21-12-18(3)28(16-21)15-19-8-6-5-7-9-19/h5-11,13,17-18,21H,12,14-16H2,1-4H3,(H2,24,26,27). The third-order valence-corrected chi connectivity index (χ3v) is 5.11. The first-order valence-corrected chi connectivity index (χ1v) is 10.4. The number of likely N-dealkylation sites (tertiary alicyclic amines) is 1. The van der Waals surface area contributed by atoms with Crippen LogP contribution in [0.3, 0.4) is 0 Å². The lowest BCUT2D eigenvalue weighted by atomic mass is 10.2. The van der Waals surface area contributed by atoms with Crippen LogP contribution in [0.2, 0.25) is 0 Å². The average Bonchev–Trinajstić information content (AvgIpc) is 3.05. The summed E-state index contributed by atoms with van der Waals surface area (Å²) in [7, 11) is 1.81. The van der Waals surface area contributed by atoms with Crippen molar-refractivity contribution in [3.05, 3.63) is 59.8 Å². The molecule has 6 nitrogen and oxygen atoms in total. The van der Waals surface area contributed by atoms with Crippen LogP contribution in [-0.2, 0) is 13.1 Å². The molecular formula is C23H33N5O. The van der Waals surface area contributed by atoms with Crippen molar-refractivity contribution in [1.82, 2.24) is 20.5 Å². The summed E-state index contributed by atoms with van der Waals surface area (Å²) in [4.78, 5) is 11.3. The van der Waals surface area contributed by atoms with Gasteiger partial charge in [0.2, 0.25) is 5.88 Å². The van der Waals surface area contributed by atoms with Crippen LogP contribution in [0.5, 0.6) is 5.88 Å². The van der Waals surface area contributed by atoms with Gasteiger partial charge in [-0.05, 0) is 38.3 Å². The Morgan fingerprint density at radius 3 is 2.66 bits per heavy atom. The number of guanidine groups is 1. The molecule has 1 fully saturated rings. The maximum Gasteiger partial charge on any atom is 0.213 e. The molecule has 2 unspecified atom stereocenters. The van der Waals surface area contributed by atoms with Crippen LogP contribution in [0.4, 0.5) is 0 Å². The molecule has 2 atom stereocenters. The predicted molar refractivity (Wildman–Crippen MR) is 118 cm³/mol. The Hall–Kier alpha value is -2.60.